The first kappa shape index (κ1) is 19.2. The number of fused-ring (bicyclic) bond motifs is 1. The van der Waals surface area contributed by atoms with E-state index < -0.39 is 17.7 Å². The van der Waals surface area contributed by atoms with Crippen molar-refractivity contribution in [2.75, 3.05) is 20.6 Å². The molecule has 5 nitrogen and oxygen atoms in total. The van der Waals surface area contributed by atoms with Crippen LogP contribution < -0.4 is 0 Å². The molecule has 0 spiro atoms. The van der Waals surface area contributed by atoms with E-state index in [1.807, 2.05) is 32.9 Å². The third-order valence-corrected chi connectivity index (χ3v) is 4.92. The van der Waals surface area contributed by atoms with Crippen LogP contribution in [0.15, 0.2) is 42.5 Å². The van der Waals surface area contributed by atoms with Gasteiger partial charge in [0.05, 0.1) is 0 Å². The number of amides is 2. The summed E-state index contributed by atoms with van der Waals surface area (Å²) in [6.45, 7) is 6.02. The van der Waals surface area contributed by atoms with Crippen molar-refractivity contribution in [2.24, 2.45) is 0 Å². The van der Waals surface area contributed by atoms with E-state index in [1.165, 1.54) is 5.39 Å². The summed E-state index contributed by atoms with van der Waals surface area (Å²) >= 11 is 0. The fourth-order valence-electron chi connectivity index (χ4n) is 3.68. The Kier molecular flexibility index (Phi) is 5.13. The molecular formula is C22H28N2O3. The lowest BCUT2D eigenvalue weighted by atomic mass is 9.89. The molecule has 2 atom stereocenters. The van der Waals surface area contributed by atoms with Crippen LogP contribution >= 0.6 is 0 Å². The summed E-state index contributed by atoms with van der Waals surface area (Å²) in [6.07, 6.45) is 0.313. The van der Waals surface area contributed by atoms with Gasteiger partial charge in [-0.3, -0.25) is 9.69 Å². The Morgan fingerprint density at radius 2 is 1.74 bits per heavy atom. The number of benzene rings is 2. The number of hydrogen-bond acceptors (Lipinski definition) is 3. The quantitative estimate of drug-likeness (QED) is 0.804. The molecule has 1 saturated heterocycles. The molecule has 0 bridgehead atoms. The van der Waals surface area contributed by atoms with Crippen LogP contribution in [0.3, 0.4) is 0 Å². The van der Waals surface area contributed by atoms with E-state index in [9.17, 15) is 9.59 Å². The van der Waals surface area contributed by atoms with E-state index in [1.54, 1.807) is 23.9 Å². The van der Waals surface area contributed by atoms with Gasteiger partial charge in [-0.1, -0.05) is 42.5 Å². The molecule has 2 unspecified atom stereocenters. The molecule has 1 aliphatic rings. The van der Waals surface area contributed by atoms with E-state index in [2.05, 4.69) is 30.3 Å². The number of carbonyl (C=O) groups excluding carboxylic acids is 2. The standard InChI is InChI=1S/C22H28N2O3/c1-22(2,3)27-21(26)24-13-12-18(19(24)20(25)23(4)5)17-11-10-15-8-6-7-9-16(15)14-17/h6-11,14,18-19H,12-13H2,1-5H3. The summed E-state index contributed by atoms with van der Waals surface area (Å²) in [4.78, 5) is 28.8. The van der Waals surface area contributed by atoms with E-state index in [-0.39, 0.29) is 11.8 Å². The van der Waals surface area contributed by atoms with Crippen molar-refractivity contribution in [3.05, 3.63) is 48.0 Å². The number of rotatable bonds is 2. The lowest BCUT2D eigenvalue weighted by molar-refractivity contribution is -0.133. The lowest BCUT2D eigenvalue weighted by Crippen LogP contribution is -2.49. The van der Waals surface area contributed by atoms with Crippen LogP contribution in [0, 0.1) is 0 Å². The highest BCUT2D eigenvalue weighted by Gasteiger charge is 2.44. The average molecular weight is 368 g/mol. The molecule has 0 saturated carbocycles. The SMILES string of the molecule is CN(C)C(=O)C1C(c2ccc3ccccc3c2)CCN1C(=O)OC(C)(C)C. The second-order valence-corrected chi connectivity index (χ2v) is 8.35. The monoisotopic (exact) mass is 368 g/mol. The Morgan fingerprint density at radius 3 is 2.37 bits per heavy atom. The van der Waals surface area contributed by atoms with Crippen molar-refractivity contribution in [1.29, 1.82) is 0 Å². The highest BCUT2D eigenvalue weighted by molar-refractivity contribution is 5.88. The van der Waals surface area contributed by atoms with Gasteiger partial charge < -0.3 is 9.64 Å². The Labute approximate surface area is 160 Å². The number of likely N-dealkylation sites (tertiary alicyclic amines) is 1. The van der Waals surface area contributed by atoms with Gasteiger partial charge in [0.2, 0.25) is 5.91 Å². The van der Waals surface area contributed by atoms with Crippen molar-refractivity contribution >= 4 is 22.8 Å². The summed E-state index contributed by atoms with van der Waals surface area (Å²) in [6, 6.07) is 13.9. The van der Waals surface area contributed by atoms with Gasteiger partial charge in [-0.25, -0.2) is 4.79 Å². The van der Waals surface area contributed by atoms with Crippen molar-refractivity contribution < 1.29 is 14.3 Å². The number of likely N-dealkylation sites (N-methyl/N-ethyl adjacent to an activating group) is 1. The van der Waals surface area contributed by atoms with Gasteiger partial charge >= 0.3 is 6.09 Å². The molecule has 0 radical (unpaired) electrons. The Morgan fingerprint density at radius 1 is 1.07 bits per heavy atom. The van der Waals surface area contributed by atoms with Gasteiger partial charge in [-0.15, -0.1) is 0 Å². The van der Waals surface area contributed by atoms with Crippen LogP contribution in [0.1, 0.15) is 38.7 Å². The van der Waals surface area contributed by atoms with Gasteiger partial charge in [0.15, 0.2) is 0 Å². The van der Waals surface area contributed by atoms with E-state index in [0.717, 1.165) is 17.4 Å². The molecule has 27 heavy (non-hydrogen) atoms. The second kappa shape index (κ2) is 7.22. The summed E-state index contributed by atoms with van der Waals surface area (Å²) in [5, 5.41) is 2.31. The number of nitrogens with zero attached hydrogens (tertiary/aromatic N) is 2. The number of hydrogen-bond donors (Lipinski definition) is 0. The Balaban J connectivity index is 1.95. The molecule has 0 N–H and O–H groups in total. The highest BCUT2D eigenvalue weighted by Crippen LogP contribution is 2.36. The van der Waals surface area contributed by atoms with Crippen LogP contribution in [0.25, 0.3) is 10.8 Å². The van der Waals surface area contributed by atoms with Gasteiger partial charge in [-0.2, -0.15) is 0 Å². The number of ether oxygens (including phenoxy) is 1. The normalized spacial score (nSPS) is 20.0. The fourth-order valence-corrected chi connectivity index (χ4v) is 3.68. The minimum atomic E-state index is -0.593. The van der Waals surface area contributed by atoms with E-state index in [0.29, 0.717) is 6.54 Å². The van der Waals surface area contributed by atoms with Crippen molar-refractivity contribution in [3.8, 4) is 0 Å². The minimum Gasteiger partial charge on any atom is -0.444 e. The predicted molar refractivity (Wildman–Crippen MR) is 107 cm³/mol. The maximum atomic E-state index is 12.9. The van der Waals surface area contributed by atoms with Gasteiger partial charge in [-0.05, 0) is 43.5 Å². The van der Waals surface area contributed by atoms with Crippen LogP contribution in [0.4, 0.5) is 4.79 Å². The largest absolute Gasteiger partial charge is 0.444 e. The van der Waals surface area contributed by atoms with Crippen molar-refractivity contribution in [1.82, 2.24) is 9.80 Å². The van der Waals surface area contributed by atoms with Crippen LogP contribution in [0.5, 0.6) is 0 Å². The van der Waals surface area contributed by atoms with Crippen LogP contribution in [0.2, 0.25) is 0 Å². The van der Waals surface area contributed by atoms with Gasteiger partial charge in [0.25, 0.3) is 0 Å². The second-order valence-electron chi connectivity index (χ2n) is 8.35. The van der Waals surface area contributed by atoms with E-state index in [4.69, 9.17) is 4.74 Å². The molecule has 3 rings (SSSR count). The smallest absolute Gasteiger partial charge is 0.410 e. The predicted octanol–water partition coefficient (Wildman–Crippen LogP) is 4.02. The molecule has 5 heteroatoms. The third kappa shape index (κ3) is 4.07. The highest BCUT2D eigenvalue weighted by atomic mass is 16.6. The molecule has 2 amide bonds. The minimum absolute atomic E-state index is 0.0444. The third-order valence-electron chi connectivity index (χ3n) is 4.92. The van der Waals surface area contributed by atoms with Crippen LogP contribution in [-0.2, 0) is 9.53 Å². The zero-order valence-electron chi connectivity index (χ0n) is 16.7. The Bertz CT molecular complexity index is 854. The fraction of sp³-hybridized carbons (Fsp3) is 0.455. The zero-order valence-corrected chi connectivity index (χ0v) is 16.7. The molecule has 1 aliphatic heterocycles. The molecule has 1 heterocycles. The van der Waals surface area contributed by atoms with Crippen molar-refractivity contribution in [2.45, 2.75) is 44.8 Å². The van der Waals surface area contributed by atoms with Gasteiger partial charge in [0, 0.05) is 26.6 Å². The first-order valence-electron chi connectivity index (χ1n) is 9.37. The van der Waals surface area contributed by atoms with Crippen LogP contribution in [-0.4, -0.2) is 54.1 Å². The number of carbonyl (C=O) groups is 2. The molecule has 0 aliphatic carbocycles. The molecule has 144 valence electrons. The molecular weight excluding hydrogens is 340 g/mol. The summed E-state index contributed by atoms with van der Waals surface area (Å²) < 4.78 is 5.55. The van der Waals surface area contributed by atoms with Crippen molar-refractivity contribution in [3.63, 3.8) is 0 Å². The zero-order chi connectivity index (χ0) is 19.8. The topological polar surface area (TPSA) is 49.9 Å². The average Bonchev–Trinajstić information content (AvgIpc) is 3.04. The first-order valence-corrected chi connectivity index (χ1v) is 9.37. The summed E-state index contributed by atoms with van der Waals surface area (Å²) in [5.41, 5.74) is 0.490. The van der Waals surface area contributed by atoms with Gasteiger partial charge in [0.1, 0.15) is 11.6 Å². The Hall–Kier alpha value is -2.56. The first-order chi connectivity index (χ1) is 12.7. The molecule has 1 fully saturated rings. The van der Waals surface area contributed by atoms with E-state index >= 15 is 0 Å². The molecule has 0 aromatic heterocycles. The molecule has 2 aromatic rings. The summed E-state index contributed by atoms with van der Waals surface area (Å²) in [5.74, 6) is -0.117. The molecule has 2 aromatic carbocycles. The maximum absolute atomic E-state index is 12.9. The maximum Gasteiger partial charge on any atom is 0.410 e. The summed E-state index contributed by atoms with van der Waals surface area (Å²) in [7, 11) is 3.46. The lowest BCUT2D eigenvalue weighted by Gasteiger charge is -2.31.